The molecule has 0 atom stereocenters. The van der Waals surface area contributed by atoms with E-state index in [-0.39, 0.29) is 11.3 Å². The zero-order chi connectivity index (χ0) is 15.3. The Morgan fingerprint density at radius 1 is 1.43 bits per heavy atom. The summed E-state index contributed by atoms with van der Waals surface area (Å²) in [6.07, 6.45) is 10.1. The van der Waals surface area contributed by atoms with E-state index in [2.05, 4.69) is 17.2 Å². The van der Waals surface area contributed by atoms with Crippen LogP contribution in [0.5, 0.6) is 0 Å². The smallest absolute Gasteiger partial charge is 0.328 e. The van der Waals surface area contributed by atoms with E-state index in [9.17, 15) is 9.59 Å². The predicted molar refractivity (Wildman–Crippen MR) is 79.8 cm³/mol. The Balaban J connectivity index is 2.06. The standard InChI is InChI=1S/C16H20N2O3/c1-16(7-2-3-8-16)11-18-15(21)13-6-9-17-10-12(13)4-5-14(19)20/h4-6,9-10H,2-3,7-8,11H2,1H3,(H,18,21)(H,19,20). The minimum atomic E-state index is -1.05. The molecule has 0 aliphatic heterocycles. The Labute approximate surface area is 124 Å². The van der Waals surface area contributed by atoms with Crippen LogP contribution in [0.4, 0.5) is 0 Å². The van der Waals surface area contributed by atoms with Crippen molar-refractivity contribution in [3.63, 3.8) is 0 Å². The van der Waals surface area contributed by atoms with Crippen molar-refractivity contribution in [2.24, 2.45) is 5.41 Å². The monoisotopic (exact) mass is 288 g/mol. The molecular formula is C16H20N2O3. The molecule has 2 rings (SSSR count). The molecule has 1 aliphatic rings. The van der Waals surface area contributed by atoms with Crippen molar-refractivity contribution in [2.45, 2.75) is 32.6 Å². The summed E-state index contributed by atoms with van der Waals surface area (Å²) in [6.45, 7) is 2.84. The van der Waals surface area contributed by atoms with Crippen LogP contribution in [0.3, 0.4) is 0 Å². The lowest BCUT2D eigenvalue weighted by molar-refractivity contribution is -0.131. The van der Waals surface area contributed by atoms with Gasteiger partial charge in [-0.1, -0.05) is 19.8 Å². The molecule has 1 aliphatic carbocycles. The van der Waals surface area contributed by atoms with Crippen LogP contribution < -0.4 is 5.32 Å². The Bertz CT molecular complexity index is 560. The number of nitrogens with zero attached hydrogens (tertiary/aromatic N) is 1. The summed E-state index contributed by atoms with van der Waals surface area (Å²) in [5, 5.41) is 11.6. The summed E-state index contributed by atoms with van der Waals surface area (Å²) >= 11 is 0. The van der Waals surface area contributed by atoms with Gasteiger partial charge in [0.15, 0.2) is 0 Å². The molecule has 1 aromatic heterocycles. The van der Waals surface area contributed by atoms with Gasteiger partial charge in [0.25, 0.3) is 5.91 Å². The number of carboxylic acids is 1. The van der Waals surface area contributed by atoms with Crippen molar-refractivity contribution < 1.29 is 14.7 Å². The van der Waals surface area contributed by atoms with Gasteiger partial charge >= 0.3 is 5.97 Å². The molecule has 0 spiro atoms. The fraction of sp³-hybridized carbons (Fsp3) is 0.438. The van der Waals surface area contributed by atoms with Crippen molar-refractivity contribution in [3.8, 4) is 0 Å². The Hall–Kier alpha value is -2.17. The van der Waals surface area contributed by atoms with E-state index in [1.54, 1.807) is 6.07 Å². The van der Waals surface area contributed by atoms with Crippen molar-refractivity contribution in [2.75, 3.05) is 6.54 Å². The van der Waals surface area contributed by atoms with Gasteiger partial charge in [-0.25, -0.2) is 4.79 Å². The zero-order valence-corrected chi connectivity index (χ0v) is 12.1. The van der Waals surface area contributed by atoms with E-state index in [1.807, 2.05) is 0 Å². The van der Waals surface area contributed by atoms with Crippen LogP contribution >= 0.6 is 0 Å². The normalized spacial score (nSPS) is 17.0. The summed E-state index contributed by atoms with van der Waals surface area (Å²) in [5.41, 5.74) is 1.14. The predicted octanol–water partition coefficient (Wildman–Crippen LogP) is 2.49. The molecular weight excluding hydrogens is 268 g/mol. The van der Waals surface area contributed by atoms with Gasteiger partial charge in [-0.15, -0.1) is 0 Å². The summed E-state index contributed by atoms with van der Waals surface area (Å²) < 4.78 is 0. The van der Waals surface area contributed by atoms with Crippen molar-refractivity contribution in [3.05, 3.63) is 35.7 Å². The number of rotatable bonds is 5. The second-order valence-corrected chi connectivity index (χ2v) is 5.83. The van der Waals surface area contributed by atoms with Crippen molar-refractivity contribution >= 4 is 18.0 Å². The van der Waals surface area contributed by atoms with Crippen molar-refractivity contribution in [1.29, 1.82) is 0 Å². The van der Waals surface area contributed by atoms with E-state index in [4.69, 9.17) is 5.11 Å². The van der Waals surface area contributed by atoms with Gasteiger partial charge in [0, 0.05) is 36.1 Å². The molecule has 0 aromatic carbocycles. The SMILES string of the molecule is CC1(CNC(=O)c2ccncc2C=CC(=O)O)CCCC1. The zero-order valence-electron chi connectivity index (χ0n) is 12.1. The number of pyridine rings is 1. The Morgan fingerprint density at radius 3 is 2.81 bits per heavy atom. The highest BCUT2D eigenvalue weighted by Crippen LogP contribution is 2.36. The number of nitrogens with one attached hydrogen (secondary N) is 1. The van der Waals surface area contributed by atoms with Crippen LogP contribution in [0.15, 0.2) is 24.5 Å². The molecule has 1 saturated carbocycles. The summed E-state index contributed by atoms with van der Waals surface area (Å²) in [4.78, 5) is 26.8. The van der Waals surface area contributed by atoms with E-state index in [0.29, 0.717) is 17.7 Å². The van der Waals surface area contributed by atoms with Crippen LogP contribution in [0.25, 0.3) is 6.08 Å². The van der Waals surface area contributed by atoms with Gasteiger partial charge < -0.3 is 10.4 Å². The van der Waals surface area contributed by atoms with Gasteiger partial charge in [-0.2, -0.15) is 0 Å². The number of hydrogen-bond acceptors (Lipinski definition) is 3. The average Bonchev–Trinajstić information content (AvgIpc) is 2.90. The number of carboxylic acid groups (broad SMARTS) is 1. The molecule has 21 heavy (non-hydrogen) atoms. The molecule has 1 heterocycles. The lowest BCUT2D eigenvalue weighted by Crippen LogP contribution is -2.34. The summed E-state index contributed by atoms with van der Waals surface area (Å²) in [6, 6.07) is 1.60. The van der Waals surface area contributed by atoms with Crippen LogP contribution in [-0.4, -0.2) is 28.5 Å². The second-order valence-electron chi connectivity index (χ2n) is 5.83. The number of carbonyl (C=O) groups is 2. The van der Waals surface area contributed by atoms with Crippen LogP contribution in [0.1, 0.15) is 48.5 Å². The van der Waals surface area contributed by atoms with Gasteiger partial charge in [-0.3, -0.25) is 9.78 Å². The maximum Gasteiger partial charge on any atom is 0.328 e. The topological polar surface area (TPSA) is 79.3 Å². The average molecular weight is 288 g/mol. The molecule has 2 N–H and O–H groups in total. The van der Waals surface area contributed by atoms with E-state index in [1.165, 1.54) is 31.3 Å². The molecule has 1 amide bonds. The molecule has 0 unspecified atom stereocenters. The highest BCUT2D eigenvalue weighted by molar-refractivity contribution is 5.98. The lowest BCUT2D eigenvalue weighted by Gasteiger charge is -2.23. The first-order chi connectivity index (χ1) is 10.0. The van der Waals surface area contributed by atoms with E-state index in [0.717, 1.165) is 18.9 Å². The third-order valence-electron chi connectivity index (χ3n) is 3.99. The molecule has 0 saturated heterocycles. The quantitative estimate of drug-likeness (QED) is 0.816. The fourth-order valence-electron chi connectivity index (χ4n) is 2.70. The van der Waals surface area contributed by atoms with Gasteiger partial charge in [-0.05, 0) is 30.4 Å². The van der Waals surface area contributed by atoms with Gasteiger partial charge in [0.1, 0.15) is 0 Å². The number of carbonyl (C=O) groups excluding carboxylic acids is 1. The highest BCUT2D eigenvalue weighted by Gasteiger charge is 2.29. The third-order valence-corrected chi connectivity index (χ3v) is 3.99. The van der Waals surface area contributed by atoms with Crippen LogP contribution in [-0.2, 0) is 4.79 Å². The molecule has 1 aromatic rings. The van der Waals surface area contributed by atoms with Crippen LogP contribution in [0.2, 0.25) is 0 Å². The molecule has 0 bridgehead atoms. The molecule has 5 heteroatoms. The number of hydrogen-bond donors (Lipinski definition) is 2. The lowest BCUT2D eigenvalue weighted by atomic mass is 9.89. The first-order valence-electron chi connectivity index (χ1n) is 7.13. The number of aliphatic carboxylic acids is 1. The number of aromatic nitrogens is 1. The van der Waals surface area contributed by atoms with Gasteiger partial charge in [0.2, 0.25) is 0 Å². The molecule has 5 nitrogen and oxygen atoms in total. The maximum atomic E-state index is 12.3. The first-order valence-corrected chi connectivity index (χ1v) is 7.13. The molecule has 0 radical (unpaired) electrons. The molecule has 1 fully saturated rings. The summed E-state index contributed by atoms with van der Waals surface area (Å²) in [5.74, 6) is -1.24. The third kappa shape index (κ3) is 4.15. The maximum absolute atomic E-state index is 12.3. The second kappa shape index (κ2) is 6.52. The minimum Gasteiger partial charge on any atom is -0.478 e. The Kier molecular flexibility index (Phi) is 4.73. The van der Waals surface area contributed by atoms with Crippen LogP contribution in [0, 0.1) is 5.41 Å². The molecule has 112 valence electrons. The van der Waals surface area contributed by atoms with E-state index >= 15 is 0 Å². The minimum absolute atomic E-state index is 0.180. The first kappa shape index (κ1) is 15.2. The Morgan fingerprint density at radius 2 is 2.14 bits per heavy atom. The highest BCUT2D eigenvalue weighted by atomic mass is 16.4. The van der Waals surface area contributed by atoms with Gasteiger partial charge in [0.05, 0.1) is 0 Å². The fourth-order valence-corrected chi connectivity index (χ4v) is 2.70. The summed E-state index contributed by atoms with van der Waals surface area (Å²) in [7, 11) is 0. The van der Waals surface area contributed by atoms with Crippen molar-refractivity contribution in [1.82, 2.24) is 10.3 Å². The van der Waals surface area contributed by atoms with E-state index < -0.39 is 5.97 Å². The largest absolute Gasteiger partial charge is 0.478 e. The number of amides is 1.